The fraction of sp³-hybridized carbons (Fsp3) is 0.731. The average molecular weight is 575 g/mol. The molecule has 0 spiro atoms. The molecular formula is C26H44N2O8P2. The van der Waals surface area contributed by atoms with Crippen molar-refractivity contribution in [2.24, 2.45) is 16.7 Å². The highest BCUT2D eigenvalue weighted by molar-refractivity contribution is 7.80. The highest BCUT2D eigenvalue weighted by Crippen LogP contribution is 2.63. The number of nitrogens with zero attached hydrogens (tertiary/aromatic N) is 1. The van der Waals surface area contributed by atoms with E-state index < -0.39 is 32.8 Å². The average Bonchev–Trinajstić information content (AvgIpc) is 2.94. The molecule has 216 valence electrons. The SMILES string of the molecule is C=P(O)(CP(=C)(O)OC1CCCC(C(C)=O)O1)OCC1CC(n2c(C)c(C)c(=O)[nH]c2=O)C(C)(C)C1(C)C. The molecule has 3 N–H and O–H groups in total. The van der Waals surface area contributed by atoms with E-state index in [-0.39, 0.29) is 46.6 Å². The van der Waals surface area contributed by atoms with Gasteiger partial charge in [-0.25, -0.2) is 4.79 Å². The number of aromatic nitrogens is 2. The number of nitrogens with one attached hydrogen (secondary N) is 1. The Balaban J connectivity index is 1.72. The molecule has 1 aromatic heterocycles. The van der Waals surface area contributed by atoms with Crippen molar-refractivity contribution in [3.63, 3.8) is 0 Å². The van der Waals surface area contributed by atoms with Crippen LogP contribution in [0, 0.1) is 30.6 Å². The second-order valence-electron chi connectivity index (χ2n) is 12.1. The van der Waals surface area contributed by atoms with Crippen LogP contribution in [0.1, 0.15) is 77.6 Å². The summed E-state index contributed by atoms with van der Waals surface area (Å²) in [7, 11) is -6.66. The molecule has 1 saturated carbocycles. The molecular weight excluding hydrogens is 530 g/mol. The Kier molecular flexibility index (Phi) is 9.02. The van der Waals surface area contributed by atoms with Crippen molar-refractivity contribution in [2.75, 3.05) is 12.5 Å². The molecule has 1 saturated heterocycles. The van der Waals surface area contributed by atoms with Gasteiger partial charge in [0.2, 0.25) is 0 Å². The summed E-state index contributed by atoms with van der Waals surface area (Å²) in [5.74, 6) is -0.379. The van der Waals surface area contributed by atoms with Crippen molar-refractivity contribution in [1.82, 2.24) is 9.55 Å². The number of aromatic amines is 1. The molecule has 12 heteroatoms. The number of ketones is 1. The van der Waals surface area contributed by atoms with Crippen LogP contribution < -0.4 is 11.2 Å². The van der Waals surface area contributed by atoms with Crippen LogP contribution in [0.5, 0.6) is 0 Å². The van der Waals surface area contributed by atoms with Gasteiger partial charge >= 0.3 is 5.69 Å². The second kappa shape index (κ2) is 11.0. The molecule has 0 aromatic carbocycles. The van der Waals surface area contributed by atoms with Crippen LogP contribution in [-0.2, 0) is 18.6 Å². The summed E-state index contributed by atoms with van der Waals surface area (Å²) >= 11 is 0. The first kappa shape index (κ1) is 31.3. The van der Waals surface area contributed by atoms with Crippen LogP contribution in [0.4, 0.5) is 0 Å². The summed E-state index contributed by atoms with van der Waals surface area (Å²) in [6.07, 6.45) is 8.77. The molecule has 2 aliphatic rings. The number of H-pyrrole nitrogens is 1. The largest absolute Gasteiger partial charge is 0.353 e. The summed E-state index contributed by atoms with van der Waals surface area (Å²) in [6.45, 7) is 13.5. The van der Waals surface area contributed by atoms with Crippen LogP contribution >= 0.6 is 14.7 Å². The van der Waals surface area contributed by atoms with Crippen LogP contribution in [0.3, 0.4) is 0 Å². The van der Waals surface area contributed by atoms with Gasteiger partial charge in [0, 0.05) is 17.3 Å². The van der Waals surface area contributed by atoms with E-state index in [0.717, 1.165) is 6.42 Å². The first-order valence-electron chi connectivity index (χ1n) is 13.0. The molecule has 0 amide bonds. The molecule has 2 heterocycles. The van der Waals surface area contributed by atoms with Gasteiger partial charge in [-0.1, -0.05) is 40.3 Å². The van der Waals surface area contributed by atoms with E-state index in [9.17, 15) is 24.2 Å². The van der Waals surface area contributed by atoms with E-state index in [4.69, 9.17) is 13.8 Å². The Morgan fingerprint density at radius 2 is 1.76 bits per heavy atom. The minimum absolute atomic E-state index is 0.0514. The lowest BCUT2D eigenvalue weighted by Gasteiger charge is -2.42. The van der Waals surface area contributed by atoms with Gasteiger partial charge in [0.05, 0.1) is 12.5 Å². The minimum Gasteiger partial charge on any atom is -0.353 e. The van der Waals surface area contributed by atoms with E-state index in [1.54, 1.807) is 18.4 Å². The summed E-state index contributed by atoms with van der Waals surface area (Å²) in [6, 6.07) is -0.205. The number of carbonyl (C=O) groups excluding carboxylic acids is 1. The minimum atomic E-state index is -3.35. The van der Waals surface area contributed by atoms with Crippen molar-refractivity contribution < 1.29 is 28.4 Å². The third kappa shape index (κ3) is 6.38. The molecule has 1 aliphatic carbocycles. The van der Waals surface area contributed by atoms with Crippen molar-refractivity contribution in [3.8, 4) is 0 Å². The lowest BCUT2D eigenvalue weighted by Crippen LogP contribution is -2.42. The monoisotopic (exact) mass is 574 g/mol. The predicted molar refractivity (Wildman–Crippen MR) is 153 cm³/mol. The van der Waals surface area contributed by atoms with E-state index in [1.807, 2.05) is 0 Å². The van der Waals surface area contributed by atoms with Gasteiger partial charge in [-0.3, -0.25) is 19.1 Å². The van der Waals surface area contributed by atoms with Crippen LogP contribution in [-0.4, -0.2) is 62.6 Å². The van der Waals surface area contributed by atoms with E-state index in [0.29, 0.717) is 30.5 Å². The van der Waals surface area contributed by atoms with Crippen molar-refractivity contribution in [2.45, 2.75) is 92.6 Å². The van der Waals surface area contributed by atoms with E-state index in [1.165, 1.54) is 6.92 Å². The van der Waals surface area contributed by atoms with Crippen LogP contribution in [0.2, 0.25) is 0 Å². The molecule has 0 bridgehead atoms. The van der Waals surface area contributed by atoms with Crippen molar-refractivity contribution >= 4 is 33.1 Å². The molecule has 38 heavy (non-hydrogen) atoms. The van der Waals surface area contributed by atoms with E-state index in [2.05, 4.69) is 45.3 Å². The van der Waals surface area contributed by atoms with Gasteiger partial charge in [-0.2, -0.15) is 0 Å². The van der Waals surface area contributed by atoms with Gasteiger partial charge in [0.25, 0.3) is 5.56 Å². The zero-order valence-electron chi connectivity index (χ0n) is 23.7. The topological polar surface area (TPSA) is 140 Å². The first-order valence-corrected chi connectivity index (χ1v) is 17.1. The van der Waals surface area contributed by atoms with Crippen LogP contribution in [0.15, 0.2) is 9.59 Å². The summed E-state index contributed by atoms with van der Waals surface area (Å²) in [4.78, 5) is 61.0. The lowest BCUT2D eigenvalue weighted by atomic mass is 9.66. The van der Waals surface area contributed by atoms with Gasteiger partial charge in [-0.05, 0) is 63.2 Å². The summed E-state index contributed by atoms with van der Waals surface area (Å²) < 4.78 is 19.0. The Morgan fingerprint density at radius 3 is 2.37 bits per heavy atom. The second-order valence-corrected chi connectivity index (χ2v) is 17.0. The Bertz CT molecular complexity index is 1280. The Hall–Kier alpha value is -1.25. The Labute approximate surface area is 225 Å². The molecule has 1 aliphatic heterocycles. The number of rotatable bonds is 9. The highest BCUT2D eigenvalue weighted by atomic mass is 31.2. The van der Waals surface area contributed by atoms with Crippen molar-refractivity contribution in [3.05, 3.63) is 32.1 Å². The maximum absolute atomic E-state index is 12.9. The maximum Gasteiger partial charge on any atom is 0.328 e. The highest BCUT2D eigenvalue weighted by Gasteiger charge is 2.56. The number of carbonyl (C=O) groups is 1. The lowest BCUT2D eigenvalue weighted by molar-refractivity contribution is -0.164. The zero-order chi connectivity index (χ0) is 28.8. The summed E-state index contributed by atoms with van der Waals surface area (Å²) in [5, 5.41) is 0. The fourth-order valence-electron chi connectivity index (χ4n) is 5.68. The van der Waals surface area contributed by atoms with Crippen LogP contribution in [0.25, 0.3) is 0 Å². The maximum atomic E-state index is 12.9. The van der Waals surface area contributed by atoms with Gasteiger partial charge in [0.15, 0.2) is 12.1 Å². The zero-order valence-corrected chi connectivity index (χ0v) is 25.4. The van der Waals surface area contributed by atoms with Crippen molar-refractivity contribution in [1.29, 1.82) is 0 Å². The third-order valence-corrected chi connectivity index (χ3v) is 13.8. The molecule has 6 atom stereocenters. The normalized spacial score (nSPS) is 29.9. The number of hydrogen-bond donors (Lipinski definition) is 3. The molecule has 0 radical (unpaired) electrons. The first-order chi connectivity index (χ1) is 17.3. The molecule has 6 unspecified atom stereocenters. The standard InChI is InChI=1S/C26H44N2O8P2/c1-16-17(2)28(24(31)27-23(16)30)21-13-19(25(4,5)26(21,6)7)14-34-37(8,32)15-38(9,33)36-22-12-10-11-20(35-22)18(3)29/h19-22,32-33H,8-15H2,1-7H3,(H,27,30,31). The van der Waals surface area contributed by atoms with Gasteiger partial charge in [0.1, 0.15) is 20.8 Å². The predicted octanol–water partition coefficient (Wildman–Crippen LogP) is 3.79. The summed E-state index contributed by atoms with van der Waals surface area (Å²) in [5.41, 5.74) is -0.338. The quantitative estimate of drug-likeness (QED) is 0.379. The molecule has 3 rings (SSSR count). The van der Waals surface area contributed by atoms with Gasteiger partial charge in [-0.15, -0.1) is 0 Å². The third-order valence-electron chi connectivity index (χ3n) is 8.97. The number of hydrogen-bond acceptors (Lipinski definition) is 8. The van der Waals surface area contributed by atoms with Gasteiger partial charge < -0.3 is 23.6 Å². The molecule has 10 nitrogen and oxygen atoms in total. The number of Topliss-reactive ketones (excluding diaryl/α,β-unsaturated/α-hetero) is 1. The van der Waals surface area contributed by atoms with E-state index >= 15 is 0 Å². The fourth-order valence-corrected chi connectivity index (χ4v) is 10.1. The molecule has 2 fully saturated rings. The molecule has 1 aromatic rings. The Morgan fingerprint density at radius 1 is 1.13 bits per heavy atom. The number of ether oxygens (including phenoxy) is 1. The smallest absolute Gasteiger partial charge is 0.328 e.